The second kappa shape index (κ2) is 9.56. The number of hydrogen-bond donors (Lipinski definition) is 1. The highest BCUT2D eigenvalue weighted by molar-refractivity contribution is 7.98. The highest BCUT2D eigenvalue weighted by atomic mass is 32.2. The number of carbonyl (C=O) groups excluding carboxylic acids is 1. The van der Waals surface area contributed by atoms with Gasteiger partial charge in [0.1, 0.15) is 17.3 Å². The summed E-state index contributed by atoms with van der Waals surface area (Å²) >= 11 is 1.22. The first-order valence-electron chi connectivity index (χ1n) is 11.1. The van der Waals surface area contributed by atoms with Crippen LogP contribution in [-0.2, 0) is 21.8 Å². The molecule has 1 saturated heterocycles. The second-order valence-electron chi connectivity index (χ2n) is 8.29. The molecule has 12 nitrogen and oxygen atoms in total. The molecule has 0 aliphatic carbocycles. The van der Waals surface area contributed by atoms with Crippen LogP contribution >= 0.6 is 11.8 Å². The molecule has 0 bridgehead atoms. The third-order valence-corrected chi connectivity index (χ3v) is 6.90. The Morgan fingerprint density at radius 2 is 2.19 bits per heavy atom. The van der Waals surface area contributed by atoms with E-state index < -0.39 is 11.5 Å². The number of aromatic nitrogens is 6. The number of fused-ring (bicyclic) bond motifs is 2. The van der Waals surface area contributed by atoms with Crippen molar-refractivity contribution in [3.63, 3.8) is 0 Å². The van der Waals surface area contributed by atoms with Gasteiger partial charge in [0.05, 0.1) is 42.6 Å². The number of H-pyrrole nitrogens is 1. The summed E-state index contributed by atoms with van der Waals surface area (Å²) in [6.07, 6.45) is 3.04. The molecular weight excluding hydrogens is 486 g/mol. The molecule has 0 unspecified atom stereocenters. The van der Waals surface area contributed by atoms with E-state index in [-0.39, 0.29) is 33.9 Å². The molecule has 5 rings (SSSR count). The predicted molar refractivity (Wildman–Crippen MR) is 129 cm³/mol. The third kappa shape index (κ3) is 4.25. The fourth-order valence-electron chi connectivity index (χ4n) is 4.27. The molecule has 0 saturated carbocycles. The highest BCUT2D eigenvalue weighted by Gasteiger charge is 2.24. The molecule has 0 amide bonds. The Bertz CT molecular complexity index is 1660. The van der Waals surface area contributed by atoms with Crippen molar-refractivity contribution in [2.45, 2.75) is 43.3 Å². The van der Waals surface area contributed by atoms with Gasteiger partial charge in [-0.05, 0) is 25.8 Å². The number of thioether (sulfide) groups is 1. The van der Waals surface area contributed by atoms with Gasteiger partial charge in [-0.25, -0.2) is 14.3 Å². The van der Waals surface area contributed by atoms with Gasteiger partial charge in [0.25, 0.3) is 11.1 Å². The lowest BCUT2D eigenvalue weighted by Crippen LogP contribution is -2.24. The van der Waals surface area contributed by atoms with E-state index in [2.05, 4.69) is 20.1 Å². The lowest BCUT2D eigenvalue weighted by molar-refractivity contribution is 0.0602. The molecule has 0 aromatic carbocycles. The Morgan fingerprint density at radius 1 is 1.36 bits per heavy atom. The number of nitrogens with one attached hydrogen (secondary N) is 1. The predicted octanol–water partition coefficient (Wildman–Crippen LogP) is 1.57. The monoisotopic (exact) mass is 507 g/mol. The lowest BCUT2D eigenvalue weighted by atomic mass is 10.1. The summed E-state index contributed by atoms with van der Waals surface area (Å²) in [6, 6.07) is 4.90. The van der Waals surface area contributed by atoms with Crippen molar-refractivity contribution in [3.8, 4) is 6.07 Å². The van der Waals surface area contributed by atoms with E-state index in [4.69, 9.17) is 9.47 Å². The maximum absolute atomic E-state index is 13.1. The number of esters is 1. The number of nitrogens with zero attached hydrogens (tertiary/aromatic N) is 6. The fourth-order valence-corrected chi connectivity index (χ4v) is 5.22. The Labute approximate surface area is 207 Å². The summed E-state index contributed by atoms with van der Waals surface area (Å²) in [5, 5.41) is 13.9. The molecule has 1 N–H and O–H groups in total. The van der Waals surface area contributed by atoms with E-state index in [1.165, 1.54) is 41.7 Å². The zero-order valence-corrected chi connectivity index (χ0v) is 20.3. The molecule has 0 radical (unpaired) electrons. The Kier molecular flexibility index (Phi) is 6.29. The highest BCUT2D eigenvalue weighted by Crippen LogP contribution is 2.27. The largest absolute Gasteiger partial charge is 0.465 e. The number of carbonyl (C=O) groups is 1. The van der Waals surface area contributed by atoms with Crippen LogP contribution in [0.1, 0.15) is 40.2 Å². The van der Waals surface area contributed by atoms with Crippen molar-refractivity contribution in [1.82, 2.24) is 29.1 Å². The minimum Gasteiger partial charge on any atom is -0.465 e. The lowest BCUT2D eigenvalue weighted by Gasteiger charge is -2.19. The van der Waals surface area contributed by atoms with E-state index in [0.29, 0.717) is 41.0 Å². The number of aromatic amines is 1. The number of methoxy groups -OCH3 is 1. The van der Waals surface area contributed by atoms with Gasteiger partial charge in [0.2, 0.25) is 0 Å². The van der Waals surface area contributed by atoms with Crippen molar-refractivity contribution in [2.75, 3.05) is 13.7 Å². The smallest absolute Gasteiger partial charge is 0.338 e. The summed E-state index contributed by atoms with van der Waals surface area (Å²) in [5.74, 6) is -0.419. The van der Waals surface area contributed by atoms with Crippen molar-refractivity contribution in [1.29, 1.82) is 5.26 Å². The first-order valence-corrected chi connectivity index (χ1v) is 12.1. The summed E-state index contributed by atoms with van der Waals surface area (Å²) in [5.41, 5.74) is 1.04. The van der Waals surface area contributed by atoms with Crippen molar-refractivity contribution in [3.05, 3.63) is 61.6 Å². The zero-order valence-electron chi connectivity index (χ0n) is 19.5. The van der Waals surface area contributed by atoms with Crippen LogP contribution < -0.4 is 11.1 Å². The van der Waals surface area contributed by atoms with Crippen LogP contribution in [-0.4, -0.2) is 54.9 Å². The average molecular weight is 508 g/mol. The van der Waals surface area contributed by atoms with Gasteiger partial charge in [0.15, 0.2) is 10.8 Å². The second-order valence-corrected chi connectivity index (χ2v) is 9.23. The maximum atomic E-state index is 13.1. The Morgan fingerprint density at radius 3 is 2.92 bits per heavy atom. The van der Waals surface area contributed by atoms with Crippen molar-refractivity contribution in [2.24, 2.45) is 0 Å². The quantitative estimate of drug-likeness (QED) is 0.231. The topological polar surface area (TPSA) is 157 Å². The van der Waals surface area contributed by atoms with Crippen molar-refractivity contribution >= 4 is 34.4 Å². The van der Waals surface area contributed by atoms with Crippen LogP contribution in [0.2, 0.25) is 0 Å². The number of nitriles is 1. The molecule has 4 aromatic heterocycles. The molecular formula is C23H21N7O5S. The molecule has 0 spiro atoms. The van der Waals surface area contributed by atoms with Gasteiger partial charge in [0, 0.05) is 24.1 Å². The zero-order chi connectivity index (χ0) is 25.4. The summed E-state index contributed by atoms with van der Waals surface area (Å²) < 4.78 is 14.0. The summed E-state index contributed by atoms with van der Waals surface area (Å²) in [6.45, 7) is 2.76. The number of ether oxygens (including phenoxy) is 2. The van der Waals surface area contributed by atoms with Crippen LogP contribution in [0.4, 0.5) is 0 Å². The molecule has 1 fully saturated rings. The molecule has 1 aliphatic heterocycles. The van der Waals surface area contributed by atoms with E-state index in [1.54, 1.807) is 11.5 Å². The maximum Gasteiger partial charge on any atom is 0.338 e. The molecule has 1 atom stereocenters. The van der Waals surface area contributed by atoms with Gasteiger partial charge >= 0.3 is 5.97 Å². The molecule has 36 heavy (non-hydrogen) atoms. The summed E-state index contributed by atoms with van der Waals surface area (Å²) in [4.78, 5) is 49.3. The van der Waals surface area contributed by atoms with Crippen LogP contribution in [0.25, 0.3) is 16.7 Å². The Hall–Kier alpha value is -4.02. The van der Waals surface area contributed by atoms with E-state index in [1.807, 2.05) is 6.07 Å². The Balaban J connectivity index is 1.64. The van der Waals surface area contributed by atoms with E-state index >= 15 is 0 Å². The molecule has 13 heteroatoms. The van der Waals surface area contributed by atoms with Gasteiger partial charge in [-0.15, -0.1) is 0 Å². The van der Waals surface area contributed by atoms with Gasteiger partial charge in [-0.2, -0.15) is 15.3 Å². The van der Waals surface area contributed by atoms with Gasteiger partial charge in [-0.3, -0.25) is 9.59 Å². The molecule has 5 heterocycles. The number of rotatable bonds is 6. The summed E-state index contributed by atoms with van der Waals surface area (Å²) in [7, 11) is 1.25. The van der Waals surface area contributed by atoms with Crippen molar-refractivity contribution < 1.29 is 14.3 Å². The van der Waals surface area contributed by atoms with Crippen LogP contribution in [0.5, 0.6) is 0 Å². The normalized spacial score (nSPS) is 15.4. The van der Waals surface area contributed by atoms with E-state index in [9.17, 15) is 19.6 Å². The molecule has 1 aliphatic rings. The van der Waals surface area contributed by atoms with Crippen LogP contribution in [0, 0.1) is 18.3 Å². The van der Waals surface area contributed by atoms with Crippen LogP contribution in [0.3, 0.4) is 0 Å². The third-order valence-electron chi connectivity index (χ3n) is 5.89. The minimum atomic E-state index is -0.647. The van der Waals surface area contributed by atoms with Gasteiger partial charge in [-0.1, -0.05) is 11.8 Å². The van der Waals surface area contributed by atoms with E-state index in [0.717, 1.165) is 12.8 Å². The van der Waals surface area contributed by atoms with Crippen LogP contribution in [0.15, 0.2) is 33.1 Å². The number of hydrogen-bond acceptors (Lipinski definition) is 10. The first-order chi connectivity index (χ1) is 17.4. The first kappa shape index (κ1) is 23.7. The molecule has 4 aromatic rings. The van der Waals surface area contributed by atoms with Gasteiger partial charge < -0.3 is 19.0 Å². The average Bonchev–Trinajstić information content (AvgIpc) is 3.53. The minimum absolute atomic E-state index is 0.0825. The number of aryl methyl sites for hydroxylation is 1. The fraction of sp³-hybridized carbons (Fsp3) is 0.348. The SMILES string of the molecule is COC(=O)c1cc(C)nc2c1c(=O)nc(SCc1cc(=O)[nH]c3c(C#N)cnn13)n2C[C@H]1CCCO1. The standard InChI is InChI=1S/C23H21N7O5S/c1-12-6-16(22(33)34-2)18-20(26-12)29(10-15-4-3-5-35-15)23(28-21(18)32)36-11-14-7-17(31)27-19-13(8-24)9-25-30(14)19/h6-7,9,15H,3-5,10-11H2,1-2H3,(H,27,31)/t15-/m1/s1. The number of pyridine rings is 1. The molecule has 184 valence electrons.